The Morgan fingerprint density at radius 1 is 1.26 bits per heavy atom. The molecule has 2 amide bonds. The highest BCUT2D eigenvalue weighted by atomic mass is 32.1. The second-order valence-corrected chi connectivity index (χ2v) is 3.99. The van der Waals surface area contributed by atoms with E-state index in [0.29, 0.717) is 0 Å². The van der Waals surface area contributed by atoms with Crippen molar-refractivity contribution in [2.45, 2.75) is 0 Å². The summed E-state index contributed by atoms with van der Waals surface area (Å²) < 4.78 is 3.45. The lowest BCUT2D eigenvalue weighted by Crippen LogP contribution is -2.19. The van der Waals surface area contributed by atoms with Crippen LogP contribution in [0.25, 0.3) is 0 Å². The third-order valence-corrected chi connectivity index (χ3v) is 2.55. The average Bonchev–Trinajstić information content (AvgIpc) is 2.84. The zero-order valence-corrected chi connectivity index (χ0v) is 10.0. The largest absolute Gasteiger partial charge is 0.505 e. The van der Waals surface area contributed by atoms with E-state index < -0.39 is 17.7 Å². The zero-order valence-electron chi connectivity index (χ0n) is 9.19. The molecule has 2 rings (SSSR count). The van der Waals surface area contributed by atoms with Gasteiger partial charge in [0.15, 0.2) is 5.75 Å². The van der Waals surface area contributed by atoms with Crippen molar-refractivity contribution in [3.05, 3.63) is 23.8 Å². The molecule has 0 saturated carbocycles. The molecule has 10 heteroatoms. The Morgan fingerprint density at radius 2 is 2.05 bits per heavy atom. The Balaban J connectivity index is 2.13. The summed E-state index contributed by atoms with van der Waals surface area (Å²) in [6, 6.07) is 3.27. The molecule has 0 spiro atoms. The van der Waals surface area contributed by atoms with Crippen LogP contribution in [0.1, 0.15) is 10.4 Å². The van der Waals surface area contributed by atoms with Crippen LogP contribution < -0.4 is 10.6 Å². The first kappa shape index (κ1) is 12.7. The number of carbonyl (C=O) groups is 2. The van der Waals surface area contributed by atoms with Crippen molar-refractivity contribution in [2.75, 3.05) is 10.6 Å². The van der Waals surface area contributed by atoms with Gasteiger partial charge in [0, 0.05) is 11.5 Å². The monoisotopic (exact) mass is 281 g/mol. The first-order valence-electron chi connectivity index (χ1n) is 4.86. The number of aromatic nitrogens is 3. The molecule has 0 aliphatic rings. The van der Waals surface area contributed by atoms with Crippen LogP contribution in [0.5, 0.6) is 5.75 Å². The molecule has 0 unspecified atom stereocenters. The number of phenols is 1. The van der Waals surface area contributed by atoms with E-state index in [2.05, 4.69) is 25.4 Å². The quantitative estimate of drug-likeness (QED) is 0.615. The standard InChI is InChI=1S/C9H7N5O4S/c15-6-4(7(16)17)2-1-3-5(6)10-8(18)11-9-12-13-14-19-9/h1-3,15H,(H,16,17)(H2,10,11,12,14,18). The van der Waals surface area contributed by atoms with Gasteiger partial charge in [0.2, 0.25) is 5.13 Å². The number of hydrogen-bond donors (Lipinski definition) is 4. The van der Waals surface area contributed by atoms with Gasteiger partial charge in [-0.15, -0.1) is 0 Å². The maximum absolute atomic E-state index is 11.5. The fourth-order valence-electron chi connectivity index (χ4n) is 1.25. The van der Waals surface area contributed by atoms with Crippen molar-refractivity contribution in [1.82, 2.24) is 14.8 Å². The molecule has 0 fully saturated rings. The summed E-state index contributed by atoms with van der Waals surface area (Å²) in [6.45, 7) is 0. The number of nitrogens with zero attached hydrogens (tertiary/aromatic N) is 3. The van der Waals surface area contributed by atoms with Crippen LogP contribution in [0.2, 0.25) is 0 Å². The summed E-state index contributed by atoms with van der Waals surface area (Å²) in [5, 5.41) is 30.1. The van der Waals surface area contributed by atoms with Gasteiger partial charge < -0.3 is 15.5 Å². The number of anilines is 2. The highest BCUT2D eigenvalue weighted by Crippen LogP contribution is 2.27. The van der Waals surface area contributed by atoms with Crippen LogP contribution in [-0.2, 0) is 0 Å². The molecule has 0 saturated heterocycles. The molecule has 98 valence electrons. The van der Waals surface area contributed by atoms with Gasteiger partial charge in [0.25, 0.3) is 0 Å². The lowest BCUT2D eigenvalue weighted by molar-refractivity contribution is 0.0694. The number of hydrogen-bond acceptors (Lipinski definition) is 7. The van der Waals surface area contributed by atoms with E-state index in [-0.39, 0.29) is 16.4 Å². The van der Waals surface area contributed by atoms with Gasteiger partial charge in [0.1, 0.15) is 5.56 Å². The Hall–Kier alpha value is -2.75. The molecule has 19 heavy (non-hydrogen) atoms. The number of carboxylic acids is 1. The third-order valence-electron chi connectivity index (χ3n) is 2.03. The zero-order chi connectivity index (χ0) is 13.8. The molecule has 1 aromatic carbocycles. The second-order valence-electron chi connectivity index (χ2n) is 3.25. The Labute approximate surface area is 110 Å². The summed E-state index contributed by atoms with van der Waals surface area (Å²) in [6.07, 6.45) is 0. The van der Waals surface area contributed by atoms with Gasteiger partial charge in [-0.05, 0) is 17.3 Å². The van der Waals surface area contributed by atoms with Gasteiger partial charge in [0.05, 0.1) is 5.69 Å². The summed E-state index contributed by atoms with van der Waals surface area (Å²) >= 11 is 0.873. The maximum atomic E-state index is 11.5. The van der Waals surface area contributed by atoms with E-state index in [0.717, 1.165) is 11.5 Å². The van der Waals surface area contributed by atoms with Gasteiger partial charge >= 0.3 is 12.0 Å². The number of aromatic hydroxyl groups is 1. The lowest BCUT2D eigenvalue weighted by Gasteiger charge is -2.08. The Kier molecular flexibility index (Phi) is 3.52. The maximum Gasteiger partial charge on any atom is 0.339 e. The molecule has 4 N–H and O–H groups in total. The van der Waals surface area contributed by atoms with E-state index in [9.17, 15) is 14.7 Å². The van der Waals surface area contributed by atoms with Gasteiger partial charge in [-0.25, -0.2) is 9.59 Å². The smallest absolute Gasteiger partial charge is 0.339 e. The molecular formula is C9H7N5O4S. The van der Waals surface area contributed by atoms with Gasteiger partial charge in [-0.2, -0.15) is 0 Å². The summed E-state index contributed by atoms with van der Waals surface area (Å²) in [7, 11) is 0. The van der Waals surface area contributed by atoms with Crippen molar-refractivity contribution < 1.29 is 19.8 Å². The third kappa shape index (κ3) is 2.93. The van der Waals surface area contributed by atoms with Crippen molar-refractivity contribution in [2.24, 2.45) is 0 Å². The molecule has 9 nitrogen and oxygen atoms in total. The van der Waals surface area contributed by atoms with Crippen molar-refractivity contribution in [3.8, 4) is 5.75 Å². The van der Waals surface area contributed by atoms with E-state index in [1.165, 1.54) is 18.2 Å². The van der Waals surface area contributed by atoms with E-state index in [1.54, 1.807) is 0 Å². The summed E-state index contributed by atoms with van der Waals surface area (Å²) in [4.78, 5) is 22.3. The fourth-order valence-corrected chi connectivity index (χ4v) is 1.61. The lowest BCUT2D eigenvalue weighted by atomic mass is 10.2. The van der Waals surface area contributed by atoms with Crippen LogP contribution in [0.3, 0.4) is 0 Å². The van der Waals surface area contributed by atoms with Crippen LogP contribution in [0.4, 0.5) is 15.6 Å². The van der Waals surface area contributed by atoms with E-state index >= 15 is 0 Å². The molecule has 0 aliphatic heterocycles. The minimum atomic E-state index is -1.30. The predicted molar refractivity (Wildman–Crippen MR) is 65.4 cm³/mol. The minimum Gasteiger partial charge on any atom is -0.505 e. The topological polar surface area (TPSA) is 137 Å². The first-order chi connectivity index (χ1) is 9.08. The number of carbonyl (C=O) groups excluding carboxylic acids is 1. The molecular weight excluding hydrogens is 274 g/mol. The second kappa shape index (κ2) is 5.27. The fraction of sp³-hybridized carbons (Fsp3) is 0. The van der Waals surface area contributed by atoms with Crippen molar-refractivity contribution >= 4 is 34.4 Å². The number of carboxylic acid groups (broad SMARTS) is 1. The average molecular weight is 281 g/mol. The van der Waals surface area contributed by atoms with Crippen molar-refractivity contribution in [3.63, 3.8) is 0 Å². The number of para-hydroxylation sites is 1. The van der Waals surface area contributed by atoms with Crippen LogP contribution in [-0.4, -0.2) is 37.0 Å². The SMILES string of the molecule is O=C(Nc1nnns1)Nc1cccc(C(=O)O)c1O. The Morgan fingerprint density at radius 3 is 2.68 bits per heavy atom. The minimum absolute atomic E-state index is 0.0325. The first-order valence-corrected chi connectivity index (χ1v) is 5.63. The predicted octanol–water partition coefficient (Wildman–Crippen LogP) is 0.981. The number of aromatic carboxylic acids is 1. The normalized spacial score (nSPS) is 9.89. The van der Waals surface area contributed by atoms with Gasteiger partial charge in [-0.1, -0.05) is 15.7 Å². The molecule has 0 radical (unpaired) electrons. The number of benzene rings is 1. The Bertz CT molecular complexity index is 615. The molecule has 1 heterocycles. The number of amides is 2. The number of nitrogens with one attached hydrogen (secondary N) is 2. The van der Waals surface area contributed by atoms with Gasteiger partial charge in [-0.3, -0.25) is 5.32 Å². The molecule has 1 aromatic heterocycles. The van der Waals surface area contributed by atoms with Crippen LogP contribution in [0, 0.1) is 0 Å². The summed E-state index contributed by atoms with van der Waals surface area (Å²) in [5.41, 5.74) is -0.342. The van der Waals surface area contributed by atoms with E-state index in [4.69, 9.17) is 5.11 Å². The van der Waals surface area contributed by atoms with Crippen LogP contribution >= 0.6 is 11.5 Å². The molecule has 0 aliphatic carbocycles. The summed E-state index contributed by atoms with van der Waals surface area (Å²) in [5.74, 6) is -1.82. The molecule has 2 aromatic rings. The van der Waals surface area contributed by atoms with E-state index in [1.807, 2.05) is 0 Å². The molecule has 0 atom stereocenters. The highest BCUT2D eigenvalue weighted by Gasteiger charge is 2.15. The van der Waals surface area contributed by atoms with Crippen LogP contribution in [0.15, 0.2) is 18.2 Å². The highest BCUT2D eigenvalue weighted by molar-refractivity contribution is 7.09. The number of urea groups is 1. The van der Waals surface area contributed by atoms with Crippen molar-refractivity contribution in [1.29, 1.82) is 0 Å². The molecule has 0 bridgehead atoms. The number of rotatable bonds is 3.